The first-order valence-electron chi connectivity index (χ1n) is 6.77. The van der Waals surface area contributed by atoms with E-state index in [1.165, 1.54) is 6.07 Å². The Bertz CT molecular complexity index is 568. The first-order chi connectivity index (χ1) is 9.60. The molecule has 1 aromatic carbocycles. The molecule has 3 nitrogen and oxygen atoms in total. The van der Waals surface area contributed by atoms with E-state index in [2.05, 4.69) is 17.3 Å². The monoisotopic (exact) mass is 295 g/mol. The molecule has 1 unspecified atom stereocenters. The molecule has 5 heteroatoms. The number of nitrogens with zero attached hydrogens (tertiary/aromatic N) is 2. The molecular formula is C15H19ClFN3. The highest BCUT2D eigenvalue weighted by atomic mass is 35.5. The standard InChI is InChI=1S/C15H19ClFN3/c1-3-7-18-15(14-6-8-20(2)19-14)10-11-9-12(16)4-5-13(11)17/h4-6,8-9,15,18H,3,7,10H2,1-2H3. The fourth-order valence-electron chi connectivity index (χ4n) is 2.14. The molecular weight excluding hydrogens is 277 g/mol. The molecule has 2 aromatic rings. The first-order valence-corrected chi connectivity index (χ1v) is 7.14. The lowest BCUT2D eigenvalue weighted by Crippen LogP contribution is -2.25. The van der Waals surface area contributed by atoms with Crippen molar-refractivity contribution in [2.45, 2.75) is 25.8 Å². The summed E-state index contributed by atoms with van der Waals surface area (Å²) in [5, 5.41) is 8.37. The van der Waals surface area contributed by atoms with Gasteiger partial charge in [0, 0.05) is 18.3 Å². The van der Waals surface area contributed by atoms with E-state index in [0.29, 0.717) is 17.0 Å². The molecule has 0 bridgehead atoms. The Morgan fingerprint density at radius 2 is 2.20 bits per heavy atom. The first kappa shape index (κ1) is 15.0. The van der Waals surface area contributed by atoms with Crippen LogP contribution in [0.1, 0.15) is 30.6 Å². The second kappa shape index (κ2) is 6.86. The number of hydrogen-bond donors (Lipinski definition) is 1. The summed E-state index contributed by atoms with van der Waals surface area (Å²) in [7, 11) is 1.88. The zero-order chi connectivity index (χ0) is 14.5. The van der Waals surface area contributed by atoms with Crippen LogP contribution < -0.4 is 5.32 Å². The summed E-state index contributed by atoms with van der Waals surface area (Å²) in [6.07, 6.45) is 3.44. The Morgan fingerprint density at radius 3 is 2.85 bits per heavy atom. The second-order valence-electron chi connectivity index (χ2n) is 4.86. The molecule has 0 spiro atoms. The Kier molecular flexibility index (Phi) is 5.15. The van der Waals surface area contributed by atoms with Crippen LogP contribution in [-0.2, 0) is 13.5 Å². The van der Waals surface area contributed by atoms with Crippen LogP contribution in [0, 0.1) is 5.82 Å². The summed E-state index contributed by atoms with van der Waals surface area (Å²) in [5.41, 5.74) is 1.53. The SMILES string of the molecule is CCCNC(Cc1cc(Cl)ccc1F)c1ccn(C)n1. The molecule has 1 aromatic heterocycles. The molecule has 108 valence electrons. The number of aromatic nitrogens is 2. The lowest BCUT2D eigenvalue weighted by molar-refractivity contribution is 0.498. The Balaban J connectivity index is 2.21. The minimum atomic E-state index is -0.228. The summed E-state index contributed by atoms with van der Waals surface area (Å²) in [4.78, 5) is 0. The highest BCUT2D eigenvalue weighted by Crippen LogP contribution is 2.22. The molecule has 0 aliphatic rings. The maximum Gasteiger partial charge on any atom is 0.126 e. The predicted octanol–water partition coefficient (Wildman–Crippen LogP) is 3.50. The van der Waals surface area contributed by atoms with Gasteiger partial charge in [0.25, 0.3) is 0 Å². The van der Waals surface area contributed by atoms with Gasteiger partial charge in [-0.25, -0.2) is 4.39 Å². The van der Waals surface area contributed by atoms with Crippen molar-refractivity contribution in [3.05, 3.63) is 52.6 Å². The molecule has 1 N–H and O–H groups in total. The van der Waals surface area contributed by atoms with Gasteiger partial charge in [0.15, 0.2) is 0 Å². The fraction of sp³-hybridized carbons (Fsp3) is 0.400. The van der Waals surface area contributed by atoms with E-state index in [1.807, 2.05) is 19.3 Å². The molecule has 0 amide bonds. The molecule has 2 rings (SSSR count). The summed E-state index contributed by atoms with van der Waals surface area (Å²) in [6, 6.07) is 6.60. The molecule has 20 heavy (non-hydrogen) atoms. The summed E-state index contributed by atoms with van der Waals surface area (Å²) >= 11 is 5.95. The van der Waals surface area contributed by atoms with Crippen LogP contribution in [0.3, 0.4) is 0 Å². The average molecular weight is 296 g/mol. The van der Waals surface area contributed by atoms with E-state index >= 15 is 0 Å². The maximum absolute atomic E-state index is 13.9. The van der Waals surface area contributed by atoms with Crippen LogP contribution in [0.2, 0.25) is 5.02 Å². The van der Waals surface area contributed by atoms with E-state index in [0.717, 1.165) is 18.7 Å². The van der Waals surface area contributed by atoms with Crippen molar-refractivity contribution in [1.29, 1.82) is 0 Å². The molecule has 0 fully saturated rings. The molecule has 0 saturated heterocycles. The topological polar surface area (TPSA) is 29.9 Å². The van der Waals surface area contributed by atoms with Gasteiger partial charge in [-0.3, -0.25) is 4.68 Å². The quantitative estimate of drug-likeness (QED) is 0.884. The van der Waals surface area contributed by atoms with Gasteiger partial charge in [-0.1, -0.05) is 18.5 Å². The largest absolute Gasteiger partial charge is 0.308 e. The summed E-state index contributed by atoms with van der Waals surface area (Å²) in [6.45, 7) is 2.96. The molecule has 0 aliphatic heterocycles. The fourth-order valence-corrected chi connectivity index (χ4v) is 2.33. The average Bonchev–Trinajstić information content (AvgIpc) is 2.85. The van der Waals surface area contributed by atoms with Crippen LogP contribution in [0.25, 0.3) is 0 Å². The third-order valence-corrected chi connectivity index (χ3v) is 3.40. The number of aryl methyl sites for hydroxylation is 1. The van der Waals surface area contributed by atoms with E-state index in [1.54, 1.807) is 16.8 Å². The molecule has 0 saturated carbocycles. The van der Waals surface area contributed by atoms with E-state index in [-0.39, 0.29) is 11.9 Å². The van der Waals surface area contributed by atoms with E-state index in [9.17, 15) is 4.39 Å². The Hall–Kier alpha value is -1.39. The van der Waals surface area contributed by atoms with Gasteiger partial charge in [0.05, 0.1) is 11.7 Å². The maximum atomic E-state index is 13.9. The number of benzene rings is 1. The number of hydrogen-bond acceptors (Lipinski definition) is 2. The molecule has 1 atom stereocenters. The van der Waals surface area contributed by atoms with Crippen molar-refractivity contribution >= 4 is 11.6 Å². The predicted molar refractivity (Wildman–Crippen MR) is 79.4 cm³/mol. The van der Waals surface area contributed by atoms with Crippen LogP contribution in [0.4, 0.5) is 4.39 Å². The van der Waals surface area contributed by atoms with Gasteiger partial charge in [-0.2, -0.15) is 5.10 Å². The minimum absolute atomic E-state index is 0.0101. The third kappa shape index (κ3) is 3.81. The Labute approximate surface area is 123 Å². The van der Waals surface area contributed by atoms with Crippen LogP contribution in [-0.4, -0.2) is 16.3 Å². The lowest BCUT2D eigenvalue weighted by Gasteiger charge is -2.17. The van der Waals surface area contributed by atoms with Gasteiger partial charge in [-0.15, -0.1) is 0 Å². The van der Waals surface area contributed by atoms with Crippen LogP contribution >= 0.6 is 11.6 Å². The van der Waals surface area contributed by atoms with Gasteiger partial charge < -0.3 is 5.32 Å². The van der Waals surface area contributed by atoms with Crippen LogP contribution in [0.5, 0.6) is 0 Å². The van der Waals surface area contributed by atoms with Gasteiger partial charge >= 0.3 is 0 Å². The zero-order valence-electron chi connectivity index (χ0n) is 11.7. The van der Waals surface area contributed by atoms with E-state index in [4.69, 9.17) is 11.6 Å². The summed E-state index contributed by atoms with van der Waals surface area (Å²) in [5.74, 6) is -0.228. The van der Waals surface area contributed by atoms with Gasteiger partial charge in [0.2, 0.25) is 0 Å². The van der Waals surface area contributed by atoms with Crippen molar-refractivity contribution < 1.29 is 4.39 Å². The number of halogens is 2. The zero-order valence-corrected chi connectivity index (χ0v) is 12.5. The van der Waals surface area contributed by atoms with Crippen LogP contribution in [0.15, 0.2) is 30.5 Å². The van der Waals surface area contributed by atoms with E-state index < -0.39 is 0 Å². The lowest BCUT2D eigenvalue weighted by atomic mass is 10.0. The second-order valence-corrected chi connectivity index (χ2v) is 5.30. The Morgan fingerprint density at radius 1 is 1.40 bits per heavy atom. The molecule has 0 radical (unpaired) electrons. The van der Waals surface area contributed by atoms with Crippen molar-refractivity contribution in [3.8, 4) is 0 Å². The van der Waals surface area contributed by atoms with Crippen molar-refractivity contribution in [2.75, 3.05) is 6.54 Å². The normalized spacial score (nSPS) is 12.6. The van der Waals surface area contributed by atoms with Gasteiger partial charge in [-0.05, 0) is 49.2 Å². The van der Waals surface area contributed by atoms with Crippen molar-refractivity contribution in [2.24, 2.45) is 7.05 Å². The number of rotatable bonds is 6. The highest BCUT2D eigenvalue weighted by molar-refractivity contribution is 6.30. The highest BCUT2D eigenvalue weighted by Gasteiger charge is 2.16. The van der Waals surface area contributed by atoms with Crippen molar-refractivity contribution in [3.63, 3.8) is 0 Å². The molecule has 1 heterocycles. The van der Waals surface area contributed by atoms with Crippen molar-refractivity contribution in [1.82, 2.24) is 15.1 Å². The molecule has 0 aliphatic carbocycles. The van der Waals surface area contributed by atoms with Gasteiger partial charge in [0.1, 0.15) is 5.82 Å². The number of nitrogens with one attached hydrogen (secondary N) is 1. The summed E-state index contributed by atoms with van der Waals surface area (Å²) < 4.78 is 15.6. The minimum Gasteiger partial charge on any atom is -0.308 e. The smallest absolute Gasteiger partial charge is 0.126 e. The third-order valence-electron chi connectivity index (χ3n) is 3.16.